The summed E-state index contributed by atoms with van der Waals surface area (Å²) in [6, 6.07) is 7.45. The molecule has 0 atom stereocenters. The van der Waals surface area contributed by atoms with Crippen LogP contribution in [0.2, 0.25) is 0 Å². The smallest absolute Gasteiger partial charge is 0.238 e. The molecular weight excluding hydrogens is 324 g/mol. The van der Waals surface area contributed by atoms with Gasteiger partial charge in [0.2, 0.25) is 5.91 Å². The summed E-state index contributed by atoms with van der Waals surface area (Å²) in [5, 5.41) is 4.00. The van der Waals surface area contributed by atoms with Crippen LogP contribution in [0.4, 0.5) is 10.8 Å². The third-order valence-electron chi connectivity index (χ3n) is 4.00. The first-order valence-corrected chi connectivity index (χ1v) is 8.80. The summed E-state index contributed by atoms with van der Waals surface area (Å²) in [5.74, 6) is 0.660. The second-order valence-electron chi connectivity index (χ2n) is 5.77. The molecule has 7 heteroatoms. The van der Waals surface area contributed by atoms with Crippen molar-refractivity contribution in [3.05, 3.63) is 35.3 Å². The topological polar surface area (TPSA) is 57.7 Å². The van der Waals surface area contributed by atoms with Gasteiger partial charge in [-0.15, -0.1) is 11.3 Å². The number of nitrogens with zero attached hydrogens (tertiary/aromatic N) is 3. The molecular formula is C17H22N4O2S. The number of hydrogen-bond donors (Lipinski definition) is 1. The number of aryl methyl sites for hydroxylation is 1. The standard InChI is InChI=1S/C17H22N4O2S/c1-13-11-18-17(24-13)21-9-7-20(8-10-21)12-16(22)19-14-5-3-4-6-15(14)23-2/h3-6,11H,7-10,12H2,1-2H3,(H,19,22). The molecule has 2 aromatic rings. The Morgan fingerprint density at radius 3 is 2.71 bits per heavy atom. The van der Waals surface area contributed by atoms with Gasteiger partial charge in [-0.2, -0.15) is 0 Å². The monoisotopic (exact) mass is 346 g/mol. The molecule has 1 aromatic heterocycles. The Bertz CT molecular complexity index is 695. The lowest BCUT2D eigenvalue weighted by atomic mass is 10.3. The molecule has 0 bridgehead atoms. The number of hydrogen-bond acceptors (Lipinski definition) is 6. The lowest BCUT2D eigenvalue weighted by Crippen LogP contribution is -2.48. The molecule has 1 fully saturated rings. The van der Waals surface area contributed by atoms with Crippen LogP contribution >= 0.6 is 11.3 Å². The molecule has 1 saturated heterocycles. The fourth-order valence-electron chi connectivity index (χ4n) is 2.73. The van der Waals surface area contributed by atoms with Crippen molar-refractivity contribution in [3.63, 3.8) is 0 Å². The van der Waals surface area contributed by atoms with Crippen molar-refractivity contribution in [1.29, 1.82) is 0 Å². The highest BCUT2D eigenvalue weighted by Gasteiger charge is 2.21. The van der Waals surface area contributed by atoms with Crippen molar-refractivity contribution in [2.45, 2.75) is 6.92 Å². The summed E-state index contributed by atoms with van der Waals surface area (Å²) < 4.78 is 5.26. The number of thiazole rings is 1. The lowest BCUT2D eigenvalue weighted by Gasteiger charge is -2.34. The van der Waals surface area contributed by atoms with Gasteiger partial charge in [0.05, 0.1) is 19.3 Å². The molecule has 3 rings (SSSR count). The minimum atomic E-state index is -0.0157. The largest absolute Gasteiger partial charge is 0.495 e. The van der Waals surface area contributed by atoms with Crippen LogP contribution in [0.1, 0.15) is 4.88 Å². The van der Waals surface area contributed by atoms with E-state index in [4.69, 9.17) is 4.74 Å². The molecule has 1 N–H and O–H groups in total. The van der Waals surface area contributed by atoms with Gasteiger partial charge in [0, 0.05) is 37.3 Å². The Morgan fingerprint density at radius 2 is 2.04 bits per heavy atom. The molecule has 0 unspecified atom stereocenters. The Hall–Kier alpha value is -2.12. The number of piperazine rings is 1. The van der Waals surface area contributed by atoms with Crippen molar-refractivity contribution in [3.8, 4) is 5.75 Å². The minimum absolute atomic E-state index is 0.0157. The number of carbonyl (C=O) groups excluding carboxylic acids is 1. The maximum atomic E-state index is 12.3. The van der Waals surface area contributed by atoms with Crippen LogP contribution in [-0.4, -0.2) is 55.6 Å². The van der Waals surface area contributed by atoms with E-state index in [0.29, 0.717) is 18.0 Å². The molecule has 0 spiro atoms. The summed E-state index contributed by atoms with van der Waals surface area (Å²) in [6.07, 6.45) is 1.91. The van der Waals surface area contributed by atoms with E-state index in [-0.39, 0.29) is 5.91 Å². The van der Waals surface area contributed by atoms with Crippen molar-refractivity contribution in [2.24, 2.45) is 0 Å². The zero-order valence-corrected chi connectivity index (χ0v) is 14.8. The van der Waals surface area contributed by atoms with E-state index in [2.05, 4.69) is 27.0 Å². The first-order valence-electron chi connectivity index (χ1n) is 7.98. The molecule has 128 valence electrons. The number of ether oxygens (including phenoxy) is 1. The number of carbonyl (C=O) groups is 1. The zero-order chi connectivity index (χ0) is 16.9. The summed E-state index contributed by atoms with van der Waals surface area (Å²) in [6.45, 7) is 5.97. The number of benzene rings is 1. The average molecular weight is 346 g/mol. The van der Waals surface area contributed by atoms with Gasteiger partial charge in [0.15, 0.2) is 5.13 Å². The predicted molar refractivity (Wildman–Crippen MR) is 97.1 cm³/mol. The van der Waals surface area contributed by atoms with Gasteiger partial charge in [-0.3, -0.25) is 9.69 Å². The fraction of sp³-hybridized carbons (Fsp3) is 0.412. The van der Waals surface area contributed by atoms with Gasteiger partial charge in [-0.25, -0.2) is 4.98 Å². The van der Waals surface area contributed by atoms with E-state index < -0.39 is 0 Å². The van der Waals surface area contributed by atoms with Gasteiger partial charge >= 0.3 is 0 Å². The molecule has 1 aliphatic rings. The molecule has 1 aromatic carbocycles. The molecule has 0 aliphatic carbocycles. The Kier molecular flexibility index (Phi) is 5.32. The van der Waals surface area contributed by atoms with Gasteiger partial charge in [-0.05, 0) is 19.1 Å². The fourth-order valence-corrected chi connectivity index (χ4v) is 3.54. The van der Waals surface area contributed by atoms with Gasteiger partial charge in [0.25, 0.3) is 0 Å². The summed E-state index contributed by atoms with van der Waals surface area (Å²) in [4.78, 5) is 22.4. The average Bonchev–Trinajstić information content (AvgIpc) is 3.02. The molecule has 2 heterocycles. The first-order chi connectivity index (χ1) is 11.7. The van der Waals surface area contributed by atoms with Crippen molar-refractivity contribution >= 4 is 28.1 Å². The zero-order valence-electron chi connectivity index (χ0n) is 14.0. The van der Waals surface area contributed by atoms with Crippen molar-refractivity contribution < 1.29 is 9.53 Å². The SMILES string of the molecule is COc1ccccc1NC(=O)CN1CCN(c2ncc(C)s2)CC1. The molecule has 1 aliphatic heterocycles. The quantitative estimate of drug-likeness (QED) is 0.900. The highest BCUT2D eigenvalue weighted by atomic mass is 32.1. The Balaban J connectivity index is 1.50. The first kappa shape index (κ1) is 16.7. The van der Waals surface area contributed by atoms with Gasteiger partial charge < -0.3 is 15.0 Å². The maximum absolute atomic E-state index is 12.3. The molecule has 24 heavy (non-hydrogen) atoms. The number of methoxy groups -OCH3 is 1. The molecule has 1 amide bonds. The number of amides is 1. The molecule has 0 radical (unpaired) electrons. The second-order valence-corrected chi connectivity index (χ2v) is 6.98. The number of aromatic nitrogens is 1. The third-order valence-corrected chi connectivity index (χ3v) is 4.97. The number of anilines is 2. The third kappa shape index (κ3) is 4.04. The number of nitrogens with one attached hydrogen (secondary N) is 1. The van der Waals surface area contributed by atoms with Crippen molar-refractivity contribution in [1.82, 2.24) is 9.88 Å². The van der Waals surface area contributed by atoms with Gasteiger partial charge in [-0.1, -0.05) is 12.1 Å². The number of para-hydroxylation sites is 2. The van der Waals surface area contributed by atoms with E-state index in [1.54, 1.807) is 18.4 Å². The van der Waals surface area contributed by atoms with E-state index in [1.807, 2.05) is 30.5 Å². The van der Waals surface area contributed by atoms with Crippen LogP contribution in [0, 0.1) is 6.92 Å². The number of rotatable bonds is 5. The molecule has 6 nitrogen and oxygen atoms in total. The van der Waals surface area contributed by atoms with Crippen LogP contribution in [-0.2, 0) is 4.79 Å². The van der Waals surface area contributed by atoms with Crippen molar-refractivity contribution in [2.75, 3.05) is 50.1 Å². The van der Waals surface area contributed by atoms with E-state index >= 15 is 0 Å². The summed E-state index contributed by atoms with van der Waals surface area (Å²) >= 11 is 1.72. The lowest BCUT2D eigenvalue weighted by molar-refractivity contribution is -0.117. The second kappa shape index (κ2) is 7.63. The van der Waals surface area contributed by atoms with Crippen LogP contribution < -0.4 is 15.0 Å². The van der Waals surface area contributed by atoms with Gasteiger partial charge in [0.1, 0.15) is 5.75 Å². The highest BCUT2D eigenvalue weighted by molar-refractivity contribution is 7.15. The maximum Gasteiger partial charge on any atom is 0.238 e. The summed E-state index contributed by atoms with van der Waals surface area (Å²) in [7, 11) is 1.60. The van der Waals surface area contributed by atoms with E-state index in [0.717, 1.165) is 31.3 Å². The highest BCUT2D eigenvalue weighted by Crippen LogP contribution is 2.24. The minimum Gasteiger partial charge on any atom is -0.495 e. The van der Waals surface area contributed by atoms with Crippen LogP contribution in [0.25, 0.3) is 0 Å². The summed E-state index contributed by atoms with van der Waals surface area (Å²) in [5.41, 5.74) is 0.710. The normalized spacial score (nSPS) is 15.3. The van der Waals surface area contributed by atoms with E-state index in [9.17, 15) is 4.79 Å². The van der Waals surface area contributed by atoms with Crippen LogP contribution in [0.5, 0.6) is 5.75 Å². The Morgan fingerprint density at radius 1 is 1.29 bits per heavy atom. The van der Waals surface area contributed by atoms with Crippen LogP contribution in [0.15, 0.2) is 30.5 Å². The molecule has 0 saturated carbocycles. The van der Waals surface area contributed by atoms with E-state index in [1.165, 1.54) is 4.88 Å². The van der Waals surface area contributed by atoms with Crippen LogP contribution in [0.3, 0.4) is 0 Å². The Labute approximate surface area is 146 Å². The predicted octanol–water partition coefficient (Wildman–Crippen LogP) is 2.22.